The molecule has 30 heavy (non-hydrogen) atoms. The molecule has 3 heterocycles. The number of aryl methyl sites for hydroxylation is 3. The molecule has 0 spiro atoms. The zero-order chi connectivity index (χ0) is 21.4. The van der Waals surface area contributed by atoms with Gasteiger partial charge < -0.3 is 5.32 Å². The SMILES string of the molecule is CCCC(=O)Nc1cc(C)nn1-c1nc2c(cnn2-c2ccc(C)c(C)c2)c(=O)[nH]1. The number of aromatic nitrogens is 6. The number of amides is 1. The van der Waals surface area contributed by atoms with Crippen molar-refractivity contribution in [2.45, 2.75) is 40.5 Å². The van der Waals surface area contributed by atoms with E-state index < -0.39 is 0 Å². The molecule has 9 nitrogen and oxygen atoms in total. The fourth-order valence-corrected chi connectivity index (χ4v) is 3.24. The monoisotopic (exact) mass is 405 g/mol. The molecule has 2 N–H and O–H groups in total. The van der Waals surface area contributed by atoms with Crippen molar-refractivity contribution in [2.24, 2.45) is 0 Å². The zero-order valence-corrected chi connectivity index (χ0v) is 17.4. The van der Waals surface area contributed by atoms with Crippen LogP contribution >= 0.6 is 0 Å². The van der Waals surface area contributed by atoms with Gasteiger partial charge in [0.1, 0.15) is 11.2 Å². The number of carbonyl (C=O) groups excluding carboxylic acids is 1. The van der Waals surface area contributed by atoms with Crippen LogP contribution in [0.2, 0.25) is 0 Å². The van der Waals surface area contributed by atoms with Crippen LogP contribution in [-0.2, 0) is 4.79 Å². The topological polar surface area (TPSA) is 110 Å². The van der Waals surface area contributed by atoms with Crippen LogP contribution in [0.25, 0.3) is 22.7 Å². The Morgan fingerprint density at radius 1 is 1.13 bits per heavy atom. The molecular formula is C21H23N7O2. The van der Waals surface area contributed by atoms with Gasteiger partial charge in [0.2, 0.25) is 11.9 Å². The maximum absolute atomic E-state index is 12.7. The molecule has 4 aromatic rings. The van der Waals surface area contributed by atoms with Crippen LogP contribution in [-0.4, -0.2) is 35.4 Å². The number of H-pyrrole nitrogens is 1. The van der Waals surface area contributed by atoms with Gasteiger partial charge >= 0.3 is 0 Å². The molecule has 0 aliphatic carbocycles. The molecule has 0 aliphatic rings. The van der Waals surface area contributed by atoms with Gasteiger partial charge in [-0.25, -0.2) is 4.68 Å². The molecular weight excluding hydrogens is 382 g/mol. The molecule has 0 aliphatic heterocycles. The van der Waals surface area contributed by atoms with Crippen LogP contribution in [0.1, 0.15) is 36.6 Å². The van der Waals surface area contributed by atoms with Gasteiger partial charge in [-0.15, -0.1) is 0 Å². The first-order chi connectivity index (χ1) is 14.4. The summed E-state index contributed by atoms with van der Waals surface area (Å²) in [5.41, 5.74) is 3.86. The third-order valence-corrected chi connectivity index (χ3v) is 4.94. The minimum atomic E-state index is -0.330. The third kappa shape index (κ3) is 3.49. The molecule has 0 atom stereocenters. The summed E-state index contributed by atoms with van der Waals surface area (Å²) in [5.74, 6) is 0.533. The number of fused-ring (bicyclic) bond motifs is 1. The van der Waals surface area contributed by atoms with E-state index in [-0.39, 0.29) is 17.4 Å². The maximum atomic E-state index is 12.7. The molecule has 1 amide bonds. The number of hydrogen-bond donors (Lipinski definition) is 2. The van der Waals surface area contributed by atoms with E-state index in [1.165, 1.54) is 16.4 Å². The van der Waals surface area contributed by atoms with Gasteiger partial charge in [-0.1, -0.05) is 13.0 Å². The Labute approximate surface area is 172 Å². The Kier molecular flexibility index (Phi) is 4.94. The summed E-state index contributed by atoms with van der Waals surface area (Å²) in [6.07, 6.45) is 2.63. The van der Waals surface area contributed by atoms with E-state index in [0.717, 1.165) is 17.7 Å². The van der Waals surface area contributed by atoms with E-state index in [0.29, 0.717) is 29.0 Å². The first-order valence-corrected chi connectivity index (χ1v) is 9.80. The van der Waals surface area contributed by atoms with Gasteiger partial charge in [-0.05, 0) is 50.5 Å². The Morgan fingerprint density at radius 3 is 2.67 bits per heavy atom. The highest BCUT2D eigenvalue weighted by atomic mass is 16.1. The van der Waals surface area contributed by atoms with Gasteiger partial charge in [-0.3, -0.25) is 14.6 Å². The molecule has 154 valence electrons. The first kappa shape index (κ1) is 19.6. The first-order valence-electron chi connectivity index (χ1n) is 9.80. The lowest BCUT2D eigenvalue weighted by molar-refractivity contribution is -0.116. The molecule has 0 saturated heterocycles. The number of rotatable bonds is 5. The zero-order valence-electron chi connectivity index (χ0n) is 17.4. The third-order valence-electron chi connectivity index (χ3n) is 4.94. The van der Waals surface area contributed by atoms with E-state index in [1.54, 1.807) is 10.7 Å². The van der Waals surface area contributed by atoms with Crippen LogP contribution in [0.3, 0.4) is 0 Å². The van der Waals surface area contributed by atoms with E-state index in [4.69, 9.17) is 0 Å². The van der Waals surface area contributed by atoms with Crippen molar-refractivity contribution in [3.63, 3.8) is 0 Å². The highest BCUT2D eigenvalue weighted by Gasteiger charge is 2.17. The molecule has 9 heteroatoms. The highest BCUT2D eigenvalue weighted by Crippen LogP contribution is 2.19. The van der Waals surface area contributed by atoms with Crippen molar-refractivity contribution in [3.8, 4) is 11.6 Å². The fraction of sp³-hybridized carbons (Fsp3) is 0.286. The molecule has 1 aromatic carbocycles. The fourth-order valence-electron chi connectivity index (χ4n) is 3.24. The number of nitrogens with zero attached hydrogens (tertiary/aromatic N) is 5. The summed E-state index contributed by atoms with van der Waals surface area (Å²) in [6, 6.07) is 7.67. The van der Waals surface area contributed by atoms with E-state index in [1.807, 2.05) is 45.9 Å². The van der Waals surface area contributed by atoms with Gasteiger partial charge in [0.15, 0.2) is 5.65 Å². The smallest absolute Gasteiger partial charge is 0.263 e. The van der Waals surface area contributed by atoms with Gasteiger partial charge in [-0.2, -0.15) is 19.9 Å². The van der Waals surface area contributed by atoms with Crippen molar-refractivity contribution >= 4 is 22.8 Å². The lowest BCUT2D eigenvalue weighted by atomic mass is 10.1. The van der Waals surface area contributed by atoms with Crippen LogP contribution in [0.4, 0.5) is 5.82 Å². The average molecular weight is 405 g/mol. The highest BCUT2D eigenvalue weighted by molar-refractivity contribution is 5.90. The number of hydrogen-bond acceptors (Lipinski definition) is 5. The molecule has 0 radical (unpaired) electrons. The minimum Gasteiger partial charge on any atom is -0.310 e. The van der Waals surface area contributed by atoms with Crippen molar-refractivity contribution in [3.05, 3.63) is 57.6 Å². The molecule has 0 unspecified atom stereocenters. The van der Waals surface area contributed by atoms with Gasteiger partial charge in [0.05, 0.1) is 17.6 Å². The maximum Gasteiger partial charge on any atom is 0.263 e. The lowest BCUT2D eigenvalue weighted by Crippen LogP contribution is -2.18. The standard InChI is InChI=1S/C21H23N7O2/c1-5-6-18(29)23-17-10-14(4)26-28(17)21-24-19-16(20(30)25-21)11-22-27(19)15-8-7-12(2)13(3)9-15/h7-11H,5-6H2,1-4H3,(H,23,29)(H,24,25,30). The summed E-state index contributed by atoms with van der Waals surface area (Å²) in [4.78, 5) is 32.1. The average Bonchev–Trinajstić information content (AvgIpc) is 3.28. The van der Waals surface area contributed by atoms with Crippen LogP contribution in [0, 0.1) is 20.8 Å². The summed E-state index contributed by atoms with van der Waals surface area (Å²) >= 11 is 0. The molecule has 3 aromatic heterocycles. The second kappa shape index (κ2) is 7.58. The van der Waals surface area contributed by atoms with Crippen LogP contribution in [0.15, 0.2) is 35.3 Å². The number of carbonyl (C=O) groups is 1. The van der Waals surface area contributed by atoms with Crippen LogP contribution in [0.5, 0.6) is 0 Å². The van der Waals surface area contributed by atoms with Crippen molar-refractivity contribution in [1.29, 1.82) is 0 Å². The van der Waals surface area contributed by atoms with Crippen molar-refractivity contribution in [1.82, 2.24) is 29.5 Å². The Bertz CT molecular complexity index is 1310. The second-order valence-electron chi connectivity index (χ2n) is 7.33. The van der Waals surface area contributed by atoms with Crippen LogP contribution < -0.4 is 10.9 Å². The van der Waals surface area contributed by atoms with Crippen molar-refractivity contribution < 1.29 is 4.79 Å². The van der Waals surface area contributed by atoms with E-state index >= 15 is 0 Å². The predicted octanol–water partition coefficient (Wildman–Crippen LogP) is 2.96. The Balaban J connectivity index is 1.85. The Hall–Kier alpha value is -3.75. The summed E-state index contributed by atoms with van der Waals surface area (Å²) in [7, 11) is 0. The lowest BCUT2D eigenvalue weighted by Gasteiger charge is -2.09. The second-order valence-corrected chi connectivity index (χ2v) is 7.33. The van der Waals surface area contributed by atoms with Crippen molar-refractivity contribution in [2.75, 3.05) is 5.32 Å². The summed E-state index contributed by atoms with van der Waals surface area (Å²) < 4.78 is 3.06. The molecule has 0 bridgehead atoms. The van der Waals surface area contributed by atoms with Gasteiger partial charge in [0.25, 0.3) is 5.56 Å². The summed E-state index contributed by atoms with van der Waals surface area (Å²) in [5, 5.41) is 12.0. The summed E-state index contributed by atoms with van der Waals surface area (Å²) in [6.45, 7) is 7.80. The predicted molar refractivity (Wildman–Crippen MR) is 114 cm³/mol. The molecule has 0 fully saturated rings. The van der Waals surface area contributed by atoms with Gasteiger partial charge in [0, 0.05) is 12.5 Å². The minimum absolute atomic E-state index is 0.123. The normalized spacial score (nSPS) is 11.2. The molecule has 0 saturated carbocycles. The quantitative estimate of drug-likeness (QED) is 0.530. The number of aromatic amines is 1. The van der Waals surface area contributed by atoms with E-state index in [2.05, 4.69) is 25.5 Å². The Morgan fingerprint density at radius 2 is 1.93 bits per heavy atom. The number of anilines is 1. The largest absolute Gasteiger partial charge is 0.310 e. The van der Waals surface area contributed by atoms with E-state index in [9.17, 15) is 9.59 Å². The number of nitrogens with one attached hydrogen (secondary N) is 2. The molecule has 4 rings (SSSR count). The number of benzene rings is 1.